The summed E-state index contributed by atoms with van der Waals surface area (Å²) < 4.78 is 13.5. The molecule has 0 aliphatic rings. The Labute approximate surface area is 333 Å². The van der Waals surface area contributed by atoms with Gasteiger partial charge in [0.15, 0.2) is 11.6 Å². The van der Waals surface area contributed by atoms with Crippen molar-refractivity contribution in [2.24, 2.45) is 0 Å². The van der Waals surface area contributed by atoms with E-state index in [-0.39, 0.29) is 0 Å². The van der Waals surface area contributed by atoms with Gasteiger partial charge in [-0.25, -0.2) is 4.98 Å². The minimum absolute atomic E-state index is 0.585. The van der Waals surface area contributed by atoms with E-state index in [1.807, 2.05) is 47.7 Å². The zero-order valence-electron chi connectivity index (χ0n) is 30.6. The van der Waals surface area contributed by atoms with Crippen molar-refractivity contribution in [3.8, 4) is 39.9 Å². The molecule has 6 aromatic heterocycles. The van der Waals surface area contributed by atoms with E-state index in [4.69, 9.17) is 19.4 Å². The Morgan fingerprint density at radius 3 is 1.93 bits per heavy atom. The highest BCUT2D eigenvalue weighted by Crippen LogP contribution is 2.50. The third-order valence-electron chi connectivity index (χ3n) is 12.1. The first-order valence-corrected chi connectivity index (χ1v) is 20.3. The van der Waals surface area contributed by atoms with Gasteiger partial charge >= 0.3 is 0 Å². The van der Waals surface area contributed by atoms with E-state index in [0.717, 1.165) is 55.2 Å². The molecule has 0 bridgehead atoms. The summed E-state index contributed by atoms with van der Waals surface area (Å²) in [6.07, 6.45) is 0. The molecule has 0 aliphatic heterocycles. The van der Waals surface area contributed by atoms with Crippen LogP contribution in [0.3, 0.4) is 0 Å². The zero-order chi connectivity index (χ0) is 37.6. The van der Waals surface area contributed by atoms with Crippen LogP contribution in [0.1, 0.15) is 0 Å². The summed E-state index contributed by atoms with van der Waals surface area (Å²) in [6.45, 7) is 0. The van der Waals surface area contributed by atoms with Crippen LogP contribution in [0.15, 0.2) is 168 Å². The van der Waals surface area contributed by atoms with E-state index >= 15 is 0 Å². The molecule has 0 aliphatic carbocycles. The van der Waals surface area contributed by atoms with Gasteiger partial charge in [-0.1, -0.05) is 115 Å². The lowest BCUT2D eigenvalue weighted by Gasteiger charge is -2.12. The Balaban J connectivity index is 1.04. The van der Waals surface area contributed by atoms with Crippen LogP contribution in [0.4, 0.5) is 0 Å². The predicted octanol–water partition coefficient (Wildman–Crippen LogP) is 13.7. The first kappa shape index (κ1) is 30.6. The Bertz CT molecular complexity index is 3960. The van der Waals surface area contributed by atoms with Gasteiger partial charge in [0.2, 0.25) is 5.95 Å². The number of aromatic nitrogens is 5. The fourth-order valence-electron chi connectivity index (χ4n) is 9.71. The zero-order valence-corrected chi connectivity index (χ0v) is 31.5. The highest BCUT2D eigenvalue weighted by molar-refractivity contribution is 7.26. The van der Waals surface area contributed by atoms with Gasteiger partial charge in [-0.2, -0.15) is 9.97 Å². The molecule has 14 rings (SSSR count). The van der Waals surface area contributed by atoms with Crippen LogP contribution in [0.2, 0.25) is 0 Å². The lowest BCUT2D eigenvalue weighted by atomic mass is 9.98. The van der Waals surface area contributed by atoms with Crippen molar-refractivity contribution in [2.45, 2.75) is 0 Å². The number of rotatable bonds is 4. The number of nitrogens with zero attached hydrogens (tertiary/aromatic N) is 5. The molecule has 268 valence electrons. The van der Waals surface area contributed by atoms with Gasteiger partial charge in [0.1, 0.15) is 11.2 Å². The second-order valence-electron chi connectivity index (χ2n) is 15.1. The van der Waals surface area contributed by atoms with Crippen molar-refractivity contribution in [1.82, 2.24) is 23.9 Å². The van der Waals surface area contributed by atoms with Gasteiger partial charge in [-0.05, 0) is 59.7 Å². The van der Waals surface area contributed by atoms with E-state index in [2.05, 4.69) is 136 Å². The molecule has 14 aromatic rings. The molecule has 0 atom stereocenters. The summed E-state index contributed by atoms with van der Waals surface area (Å²) in [4.78, 5) is 15.7. The molecule has 0 unspecified atom stereocenters. The molecule has 0 amide bonds. The van der Waals surface area contributed by atoms with Crippen molar-refractivity contribution in [1.29, 1.82) is 0 Å². The van der Waals surface area contributed by atoms with Gasteiger partial charge in [0, 0.05) is 63.6 Å². The fraction of sp³-hybridized carbons (Fsp3) is 0. The fourth-order valence-corrected chi connectivity index (χ4v) is 10.8. The molecule has 0 saturated heterocycles. The number of furan rings is 1. The molecule has 0 saturated carbocycles. The molecule has 0 N–H and O–H groups in total. The van der Waals surface area contributed by atoms with E-state index < -0.39 is 0 Å². The lowest BCUT2D eigenvalue weighted by molar-refractivity contribution is 0.669. The van der Waals surface area contributed by atoms with Crippen molar-refractivity contribution < 1.29 is 4.42 Å². The smallest absolute Gasteiger partial charge is 0.238 e. The topological polar surface area (TPSA) is 61.2 Å². The molecule has 8 aromatic carbocycles. The molecule has 6 nitrogen and oxygen atoms in total. The third kappa shape index (κ3) is 3.93. The Morgan fingerprint density at radius 2 is 1.05 bits per heavy atom. The van der Waals surface area contributed by atoms with Crippen LogP contribution in [0, 0.1) is 0 Å². The van der Waals surface area contributed by atoms with Crippen LogP contribution in [0.5, 0.6) is 0 Å². The van der Waals surface area contributed by atoms with Crippen LogP contribution in [0.25, 0.3) is 131 Å². The molecule has 0 spiro atoms. The Morgan fingerprint density at radius 1 is 0.397 bits per heavy atom. The average Bonchev–Trinajstić information content (AvgIpc) is 4.02. The van der Waals surface area contributed by atoms with Gasteiger partial charge in [-0.3, -0.25) is 4.57 Å². The highest BCUT2D eigenvalue weighted by atomic mass is 32.1. The highest BCUT2D eigenvalue weighted by Gasteiger charge is 2.26. The maximum atomic E-state index is 6.22. The largest absolute Gasteiger partial charge is 0.456 e. The number of thiophene rings is 1. The van der Waals surface area contributed by atoms with E-state index in [1.165, 1.54) is 58.3 Å². The van der Waals surface area contributed by atoms with Gasteiger partial charge in [-0.15, -0.1) is 11.3 Å². The molecule has 0 fully saturated rings. The number of hydrogen-bond donors (Lipinski definition) is 0. The first-order chi connectivity index (χ1) is 28.8. The molecule has 7 heteroatoms. The Hall–Kier alpha value is -7.61. The summed E-state index contributed by atoms with van der Waals surface area (Å²) in [5.74, 6) is 1.82. The standard InChI is InChI=1S/C51H27N5OS/c1-2-10-29(11-3-1)49-52-50(30-22-20-28(21-23-30)31-14-8-19-40-43(31)34-13-5-7-18-39(34)57-40)54-51(53-49)56-37-17-9-16-36-44(37)45-38(56)25-27-41-46(45)47-42(58-41)26-24-33-32-12-4-6-15-35(32)55(36)48(33)47/h1-27H. The van der Waals surface area contributed by atoms with Gasteiger partial charge in [0.05, 0.1) is 27.6 Å². The summed E-state index contributed by atoms with van der Waals surface area (Å²) in [5.41, 5.74) is 11.6. The number of fused-ring (bicyclic) bond motifs is 7. The van der Waals surface area contributed by atoms with Crippen molar-refractivity contribution in [3.63, 3.8) is 0 Å². The molecular weight excluding hydrogens is 731 g/mol. The first-order valence-electron chi connectivity index (χ1n) is 19.4. The van der Waals surface area contributed by atoms with Crippen molar-refractivity contribution in [3.05, 3.63) is 164 Å². The van der Waals surface area contributed by atoms with Gasteiger partial charge < -0.3 is 8.82 Å². The minimum atomic E-state index is 0.585. The monoisotopic (exact) mass is 757 g/mol. The SMILES string of the molecule is c1ccc(-c2nc(-c3ccc(-c4cccc5oc6ccccc6c45)cc3)nc(-n3c4ccc5sc6ccc7c8ccccc8n8c9cccc3c9c4c5c6c78)n2)cc1. The van der Waals surface area contributed by atoms with Crippen molar-refractivity contribution in [2.75, 3.05) is 0 Å². The average molecular weight is 758 g/mol. The van der Waals surface area contributed by atoms with Crippen LogP contribution in [-0.2, 0) is 0 Å². The van der Waals surface area contributed by atoms with E-state index in [1.54, 1.807) is 0 Å². The minimum Gasteiger partial charge on any atom is -0.456 e. The Kier molecular flexibility index (Phi) is 5.82. The second kappa shape index (κ2) is 11.0. The summed E-state index contributed by atoms with van der Waals surface area (Å²) in [5, 5.41) is 9.83. The third-order valence-corrected chi connectivity index (χ3v) is 13.2. The summed E-state index contributed by atoms with van der Waals surface area (Å²) in [6, 6.07) is 57.9. The molecule has 0 radical (unpaired) electrons. The number of para-hydroxylation sites is 2. The van der Waals surface area contributed by atoms with E-state index in [0.29, 0.717) is 17.6 Å². The summed E-state index contributed by atoms with van der Waals surface area (Å²) in [7, 11) is 0. The maximum absolute atomic E-state index is 6.22. The molecule has 6 heterocycles. The van der Waals surface area contributed by atoms with Crippen molar-refractivity contribution >= 4 is 103 Å². The normalized spacial score (nSPS) is 12.5. The maximum Gasteiger partial charge on any atom is 0.238 e. The quantitative estimate of drug-likeness (QED) is 0.179. The van der Waals surface area contributed by atoms with Crippen LogP contribution in [-0.4, -0.2) is 23.9 Å². The van der Waals surface area contributed by atoms with Crippen LogP contribution < -0.4 is 0 Å². The summed E-state index contributed by atoms with van der Waals surface area (Å²) >= 11 is 1.87. The van der Waals surface area contributed by atoms with E-state index in [9.17, 15) is 0 Å². The second-order valence-corrected chi connectivity index (χ2v) is 16.2. The molecular formula is C51H27N5OS. The lowest BCUT2D eigenvalue weighted by Crippen LogP contribution is -2.06. The number of benzene rings is 8. The van der Waals surface area contributed by atoms with Crippen LogP contribution >= 0.6 is 11.3 Å². The number of hydrogen-bond acceptors (Lipinski definition) is 5. The van der Waals surface area contributed by atoms with Gasteiger partial charge in [0.25, 0.3) is 0 Å². The molecule has 58 heavy (non-hydrogen) atoms. The predicted molar refractivity (Wildman–Crippen MR) is 239 cm³/mol.